The lowest BCUT2D eigenvalue weighted by Crippen LogP contribution is -2.66. The van der Waals surface area contributed by atoms with Crippen LogP contribution in [-0.4, -0.2) is 83.4 Å². The number of aliphatic hydroxyl groups excluding tert-OH is 3. The molecule has 0 aromatic heterocycles. The van der Waals surface area contributed by atoms with Crippen LogP contribution in [0.5, 0.6) is 5.75 Å². The molecule has 5 atom stereocenters. The molecule has 33 heavy (non-hydrogen) atoms. The maximum atomic E-state index is 12.3. The van der Waals surface area contributed by atoms with Crippen molar-refractivity contribution in [1.82, 2.24) is 5.32 Å². The molecule has 1 aliphatic rings. The summed E-state index contributed by atoms with van der Waals surface area (Å²) < 4.78 is 16.1. The first-order valence-corrected chi connectivity index (χ1v) is 10.8. The minimum absolute atomic E-state index is 0.166. The first kappa shape index (κ1) is 25.4. The zero-order chi connectivity index (χ0) is 24.2. The number of rotatable bonds is 8. The molecular weight excluding hydrogens is 454 g/mol. The van der Waals surface area contributed by atoms with E-state index in [0.717, 1.165) is 11.1 Å². The van der Waals surface area contributed by atoms with Crippen molar-refractivity contribution < 1.29 is 39.4 Å². The second-order valence-corrected chi connectivity index (χ2v) is 8.35. The van der Waals surface area contributed by atoms with Gasteiger partial charge in [0.25, 0.3) is 5.91 Å². The summed E-state index contributed by atoms with van der Waals surface area (Å²) in [4.78, 5) is 12.3. The van der Waals surface area contributed by atoms with Crippen molar-refractivity contribution in [2.75, 3.05) is 26.9 Å². The first-order valence-electron chi connectivity index (χ1n) is 10.4. The summed E-state index contributed by atoms with van der Waals surface area (Å²) in [5, 5.41) is 43.1. The van der Waals surface area contributed by atoms with Gasteiger partial charge in [-0.1, -0.05) is 29.8 Å². The van der Waals surface area contributed by atoms with Crippen molar-refractivity contribution >= 4 is 17.5 Å². The zero-order valence-corrected chi connectivity index (χ0v) is 19.0. The van der Waals surface area contributed by atoms with Gasteiger partial charge in [-0.15, -0.1) is 0 Å². The molecule has 9 nitrogen and oxygen atoms in total. The molecule has 180 valence electrons. The number of methoxy groups -OCH3 is 1. The number of nitrogens with one attached hydrogen (secondary N) is 1. The monoisotopic (exact) mass is 481 g/mol. The number of hydrogen-bond acceptors (Lipinski definition) is 8. The van der Waals surface area contributed by atoms with Crippen LogP contribution in [-0.2, 0) is 9.47 Å². The van der Waals surface area contributed by atoms with E-state index in [2.05, 4.69) is 5.32 Å². The summed E-state index contributed by atoms with van der Waals surface area (Å²) in [6.45, 7) is 1.49. The van der Waals surface area contributed by atoms with Gasteiger partial charge in [0.05, 0.1) is 18.2 Å². The van der Waals surface area contributed by atoms with Crippen LogP contribution in [0.1, 0.15) is 17.3 Å². The zero-order valence-electron chi connectivity index (χ0n) is 18.3. The molecule has 0 aliphatic carbocycles. The Hall–Kier alpha value is -2.24. The second kappa shape index (κ2) is 10.8. The number of ether oxygens (including phenoxy) is 3. The van der Waals surface area contributed by atoms with Crippen LogP contribution in [0.3, 0.4) is 0 Å². The highest BCUT2D eigenvalue weighted by Crippen LogP contribution is 2.36. The number of carbonyl (C=O) groups excluding carboxylic acids is 1. The fourth-order valence-corrected chi connectivity index (χ4v) is 3.69. The molecule has 2 aromatic carbocycles. The third-order valence-corrected chi connectivity index (χ3v) is 5.77. The van der Waals surface area contributed by atoms with E-state index in [4.69, 9.17) is 25.8 Å². The molecule has 0 saturated carbocycles. The van der Waals surface area contributed by atoms with Crippen LogP contribution in [0, 0.1) is 0 Å². The number of benzene rings is 2. The van der Waals surface area contributed by atoms with Gasteiger partial charge in [-0.25, -0.2) is 0 Å². The molecular formula is C23H28ClNO8. The van der Waals surface area contributed by atoms with Gasteiger partial charge >= 0.3 is 0 Å². The standard InChI is InChI=1S/C23H28ClNO8/c1-23(30)20(28)19(27)18(12-26)33-22(23)32-17-7-6-14(11-16(17)24)13-4-3-5-15(10-13)21(29)25-8-9-31-2/h3-7,10-11,18-20,22,26-28,30H,8-9,12H2,1-2H3,(H,25,29)/t18-,19-,20+,22+,23-/m1/s1. The van der Waals surface area contributed by atoms with E-state index in [9.17, 15) is 25.2 Å². The predicted molar refractivity (Wildman–Crippen MR) is 120 cm³/mol. The normalized spacial score (nSPS) is 27.2. The van der Waals surface area contributed by atoms with E-state index in [-0.39, 0.29) is 16.7 Å². The maximum absolute atomic E-state index is 12.3. The summed E-state index contributed by atoms with van der Waals surface area (Å²) in [6.07, 6.45) is -5.62. The molecule has 0 radical (unpaired) electrons. The van der Waals surface area contributed by atoms with E-state index in [1.165, 1.54) is 6.92 Å². The Balaban J connectivity index is 1.78. The van der Waals surface area contributed by atoms with Gasteiger partial charge < -0.3 is 40.0 Å². The molecule has 1 aliphatic heterocycles. The van der Waals surface area contributed by atoms with Gasteiger partial charge in [-0.2, -0.15) is 0 Å². The van der Waals surface area contributed by atoms with Crippen molar-refractivity contribution in [3.8, 4) is 16.9 Å². The molecule has 0 spiro atoms. The minimum Gasteiger partial charge on any atom is -0.460 e. The fourth-order valence-electron chi connectivity index (χ4n) is 3.46. The molecule has 5 N–H and O–H groups in total. The Labute approximate surface area is 196 Å². The van der Waals surface area contributed by atoms with Crippen molar-refractivity contribution in [2.45, 2.75) is 37.1 Å². The Bertz CT molecular complexity index is 969. The van der Waals surface area contributed by atoms with E-state index in [1.807, 2.05) is 6.07 Å². The topological polar surface area (TPSA) is 138 Å². The van der Waals surface area contributed by atoms with Gasteiger partial charge in [0.15, 0.2) is 5.60 Å². The van der Waals surface area contributed by atoms with Crippen molar-refractivity contribution in [2.24, 2.45) is 0 Å². The second-order valence-electron chi connectivity index (χ2n) is 7.94. The van der Waals surface area contributed by atoms with Gasteiger partial charge in [0.1, 0.15) is 24.1 Å². The fraction of sp³-hybridized carbons (Fsp3) is 0.435. The van der Waals surface area contributed by atoms with Crippen molar-refractivity contribution in [1.29, 1.82) is 0 Å². The third kappa shape index (κ3) is 5.64. The van der Waals surface area contributed by atoms with Gasteiger partial charge in [0.2, 0.25) is 6.29 Å². The van der Waals surface area contributed by atoms with Crippen LogP contribution in [0.4, 0.5) is 0 Å². The molecule has 0 bridgehead atoms. The Morgan fingerprint density at radius 3 is 2.61 bits per heavy atom. The highest BCUT2D eigenvalue weighted by Gasteiger charge is 2.53. The van der Waals surface area contributed by atoms with Crippen LogP contribution < -0.4 is 10.1 Å². The highest BCUT2D eigenvalue weighted by molar-refractivity contribution is 6.32. The average Bonchev–Trinajstić information content (AvgIpc) is 2.81. The molecule has 2 aromatic rings. The predicted octanol–water partition coefficient (Wildman–Crippen LogP) is 0.952. The summed E-state index contributed by atoms with van der Waals surface area (Å²) in [5.74, 6) is -0.0600. The van der Waals surface area contributed by atoms with Crippen LogP contribution in [0.25, 0.3) is 11.1 Å². The van der Waals surface area contributed by atoms with E-state index < -0.39 is 36.8 Å². The Morgan fingerprint density at radius 1 is 1.21 bits per heavy atom. The quantitative estimate of drug-likeness (QED) is 0.351. The number of aliphatic hydroxyl groups is 4. The highest BCUT2D eigenvalue weighted by atomic mass is 35.5. The van der Waals surface area contributed by atoms with Gasteiger partial charge in [-0.05, 0) is 42.3 Å². The van der Waals surface area contributed by atoms with Crippen LogP contribution in [0.2, 0.25) is 5.02 Å². The molecule has 1 heterocycles. The number of carbonyl (C=O) groups is 1. The molecule has 1 saturated heterocycles. The maximum Gasteiger partial charge on any atom is 0.251 e. The van der Waals surface area contributed by atoms with Crippen LogP contribution >= 0.6 is 11.6 Å². The Kier molecular flexibility index (Phi) is 8.30. The third-order valence-electron chi connectivity index (χ3n) is 5.47. The number of halogens is 1. The lowest BCUT2D eigenvalue weighted by molar-refractivity contribution is -0.314. The number of amides is 1. The summed E-state index contributed by atoms with van der Waals surface area (Å²) >= 11 is 6.40. The lowest BCUT2D eigenvalue weighted by atomic mass is 9.88. The van der Waals surface area contributed by atoms with E-state index in [0.29, 0.717) is 18.7 Å². The van der Waals surface area contributed by atoms with E-state index in [1.54, 1.807) is 43.5 Å². The van der Waals surface area contributed by atoms with Crippen LogP contribution in [0.15, 0.2) is 42.5 Å². The summed E-state index contributed by atoms with van der Waals surface area (Å²) in [7, 11) is 1.56. The lowest BCUT2D eigenvalue weighted by Gasteiger charge is -2.45. The molecule has 3 rings (SSSR count). The smallest absolute Gasteiger partial charge is 0.251 e. The molecule has 0 unspecified atom stereocenters. The largest absolute Gasteiger partial charge is 0.460 e. The Morgan fingerprint density at radius 2 is 1.94 bits per heavy atom. The van der Waals surface area contributed by atoms with Gasteiger partial charge in [0, 0.05) is 19.2 Å². The van der Waals surface area contributed by atoms with E-state index >= 15 is 0 Å². The minimum atomic E-state index is -1.96. The summed E-state index contributed by atoms with van der Waals surface area (Å²) in [6, 6.07) is 11.9. The molecule has 1 amide bonds. The number of hydrogen-bond donors (Lipinski definition) is 5. The SMILES string of the molecule is COCCNC(=O)c1cccc(-c2ccc(O[C@H]3O[C@H](CO)[C@@H](O)[C@H](O)[C@@]3(C)O)c(Cl)c2)c1. The van der Waals surface area contributed by atoms with Crippen molar-refractivity contribution in [3.05, 3.63) is 53.1 Å². The van der Waals surface area contributed by atoms with Gasteiger partial charge in [-0.3, -0.25) is 4.79 Å². The molecule has 10 heteroatoms. The first-order chi connectivity index (χ1) is 15.7. The summed E-state index contributed by atoms with van der Waals surface area (Å²) in [5.41, 5.74) is -0.00623. The van der Waals surface area contributed by atoms with Crippen molar-refractivity contribution in [3.63, 3.8) is 0 Å². The molecule has 1 fully saturated rings. The average molecular weight is 482 g/mol.